The fraction of sp³-hybridized carbons (Fsp3) is 0.429. The maximum absolute atomic E-state index is 13.5. The number of unbranched alkanes of at least 4 members (excludes halogenated alkanes) is 1. The number of benzene rings is 1. The molecule has 1 rings (SSSR count). The van der Waals surface area contributed by atoms with Crippen LogP contribution in [0, 0.1) is 17.6 Å². The second-order valence-electron chi connectivity index (χ2n) is 4.31. The third-order valence-corrected chi connectivity index (χ3v) is 3.72. The molecule has 0 amide bonds. The average molecular weight is 349 g/mol. The first-order valence-corrected chi connectivity index (χ1v) is 6.98. The van der Waals surface area contributed by atoms with Crippen LogP contribution >= 0.6 is 15.9 Å². The fourth-order valence-corrected chi connectivity index (χ4v) is 2.33. The highest BCUT2D eigenvalue weighted by molar-refractivity contribution is 9.10. The molecule has 6 heteroatoms. The standard InChI is InChI=1S/C14H15BrF2O3/c1-3-4-5-9(14(19)20-2)13(18)8-6-7-10(16)12(17)11(8)15/h6-7,9H,3-5H2,1-2H3. The first kappa shape index (κ1) is 16.8. The van der Waals surface area contributed by atoms with Gasteiger partial charge in [0, 0.05) is 5.56 Å². The van der Waals surface area contributed by atoms with Gasteiger partial charge in [-0.2, -0.15) is 0 Å². The van der Waals surface area contributed by atoms with Gasteiger partial charge in [0.15, 0.2) is 17.4 Å². The minimum atomic E-state index is -1.14. The Morgan fingerprint density at radius 1 is 1.35 bits per heavy atom. The van der Waals surface area contributed by atoms with Crippen molar-refractivity contribution in [2.24, 2.45) is 5.92 Å². The van der Waals surface area contributed by atoms with Gasteiger partial charge in [0.2, 0.25) is 0 Å². The predicted octanol–water partition coefficient (Wildman–Crippen LogP) is 3.89. The van der Waals surface area contributed by atoms with E-state index in [1.165, 1.54) is 7.11 Å². The zero-order valence-electron chi connectivity index (χ0n) is 11.2. The number of rotatable bonds is 6. The highest BCUT2D eigenvalue weighted by Gasteiger charge is 2.30. The molecule has 0 spiro atoms. The van der Waals surface area contributed by atoms with Crippen molar-refractivity contribution in [1.82, 2.24) is 0 Å². The van der Waals surface area contributed by atoms with Crippen LogP contribution in [-0.4, -0.2) is 18.9 Å². The van der Waals surface area contributed by atoms with Crippen LogP contribution in [0.25, 0.3) is 0 Å². The van der Waals surface area contributed by atoms with Gasteiger partial charge in [0.25, 0.3) is 0 Å². The van der Waals surface area contributed by atoms with E-state index in [1.54, 1.807) is 0 Å². The molecule has 1 aromatic rings. The molecule has 1 aromatic carbocycles. The molecule has 0 heterocycles. The van der Waals surface area contributed by atoms with Crippen molar-refractivity contribution in [2.45, 2.75) is 26.2 Å². The lowest BCUT2D eigenvalue weighted by Crippen LogP contribution is -2.26. The average Bonchev–Trinajstić information content (AvgIpc) is 2.44. The van der Waals surface area contributed by atoms with Crippen molar-refractivity contribution in [1.29, 1.82) is 0 Å². The highest BCUT2D eigenvalue weighted by Crippen LogP contribution is 2.27. The van der Waals surface area contributed by atoms with Gasteiger partial charge in [-0.15, -0.1) is 0 Å². The molecule has 1 unspecified atom stereocenters. The Morgan fingerprint density at radius 3 is 2.55 bits per heavy atom. The van der Waals surface area contributed by atoms with Crippen LogP contribution in [0.1, 0.15) is 36.5 Å². The van der Waals surface area contributed by atoms with Crippen molar-refractivity contribution >= 4 is 27.7 Å². The van der Waals surface area contributed by atoms with Crippen LogP contribution in [0.5, 0.6) is 0 Å². The number of methoxy groups -OCH3 is 1. The number of carbonyl (C=O) groups is 2. The Labute approximate surface area is 124 Å². The molecule has 0 bridgehead atoms. The summed E-state index contributed by atoms with van der Waals surface area (Å²) in [4.78, 5) is 24.0. The smallest absolute Gasteiger partial charge is 0.316 e. The SMILES string of the molecule is CCCCC(C(=O)OC)C(=O)c1ccc(F)c(F)c1Br. The predicted molar refractivity (Wildman–Crippen MR) is 73.4 cm³/mol. The summed E-state index contributed by atoms with van der Waals surface area (Å²) in [6.45, 7) is 1.92. The molecule has 20 heavy (non-hydrogen) atoms. The monoisotopic (exact) mass is 348 g/mol. The number of ether oxygens (including phenoxy) is 1. The molecule has 0 aliphatic rings. The maximum atomic E-state index is 13.5. The van der Waals surface area contributed by atoms with E-state index in [0.29, 0.717) is 12.8 Å². The number of hydrogen-bond donors (Lipinski definition) is 0. The Balaban J connectivity index is 3.12. The molecule has 0 N–H and O–H groups in total. The minimum Gasteiger partial charge on any atom is -0.468 e. The van der Waals surface area contributed by atoms with Crippen molar-refractivity contribution in [3.8, 4) is 0 Å². The zero-order valence-corrected chi connectivity index (χ0v) is 12.8. The van der Waals surface area contributed by atoms with Gasteiger partial charge in [0.1, 0.15) is 5.92 Å². The Hall–Kier alpha value is -1.30. The number of carbonyl (C=O) groups excluding carboxylic acids is 2. The summed E-state index contributed by atoms with van der Waals surface area (Å²) in [5, 5.41) is 0. The second kappa shape index (κ2) is 7.47. The van der Waals surface area contributed by atoms with Crippen molar-refractivity contribution in [2.75, 3.05) is 7.11 Å². The number of esters is 1. The lowest BCUT2D eigenvalue weighted by molar-refractivity contribution is -0.143. The molecule has 0 aliphatic carbocycles. The Kier molecular flexibility index (Phi) is 6.26. The fourth-order valence-electron chi connectivity index (χ4n) is 1.81. The molecule has 0 aliphatic heterocycles. The van der Waals surface area contributed by atoms with E-state index < -0.39 is 29.3 Å². The summed E-state index contributed by atoms with van der Waals surface area (Å²) < 4.78 is 30.8. The van der Waals surface area contributed by atoms with Crippen LogP contribution in [0.3, 0.4) is 0 Å². The molecule has 110 valence electrons. The van der Waals surface area contributed by atoms with Crippen molar-refractivity contribution in [3.63, 3.8) is 0 Å². The molecule has 0 saturated heterocycles. The van der Waals surface area contributed by atoms with Gasteiger partial charge in [-0.05, 0) is 34.5 Å². The molecule has 0 fully saturated rings. The van der Waals surface area contributed by atoms with Gasteiger partial charge < -0.3 is 4.74 Å². The number of halogens is 3. The largest absolute Gasteiger partial charge is 0.468 e. The first-order chi connectivity index (χ1) is 9.43. The molecule has 0 radical (unpaired) electrons. The van der Waals surface area contributed by atoms with Crippen molar-refractivity contribution in [3.05, 3.63) is 33.8 Å². The second-order valence-corrected chi connectivity index (χ2v) is 5.10. The third kappa shape index (κ3) is 3.62. The third-order valence-electron chi connectivity index (χ3n) is 2.95. The lowest BCUT2D eigenvalue weighted by atomic mass is 9.92. The summed E-state index contributed by atoms with van der Waals surface area (Å²) in [5.41, 5.74) is -0.0598. The number of hydrogen-bond acceptors (Lipinski definition) is 3. The van der Waals surface area contributed by atoms with E-state index in [9.17, 15) is 18.4 Å². The molecule has 0 saturated carbocycles. The number of ketones is 1. The van der Waals surface area contributed by atoms with E-state index in [2.05, 4.69) is 20.7 Å². The van der Waals surface area contributed by atoms with E-state index in [1.807, 2.05) is 6.92 Å². The minimum absolute atomic E-state index is 0.0598. The molecule has 0 aromatic heterocycles. The highest BCUT2D eigenvalue weighted by atomic mass is 79.9. The van der Waals surface area contributed by atoms with Crippen LogP contribution < -0.4 is 0 Å². The summed E-state index contributed by atoms with van der Waals surface area (Å²) in [6.07, 6.45) is 1.78. The molecule has 3 nitrogen and oxygen atoms in total. The molecular weight excluding hydrogens is 334 g/mol. The summed E-state index contributed by atoms with van der Waals surface area (Å²) in [6, 6.07) is 2.02. The van der Waals surface area contributed by atoms with Crippen LogP contribution in [0.15, 0.2) is 16.6 Å². The molecule has 1 atom stereocenters. The summed E-state index contributed by atoms with van der Waals surface area (Å²) >= 11 is 2.85. The van der Waals surface area contributed by atoms with Gasteiger partial charge in [-0.1, -0.05) is 19.8 Å². The lowest BCUT2D eigenvalue weighted by Gasteiger charge is -2.14. The quantitative estimate of drug-likeness (QED) is 0.339. The number of Topliss-reactive ketones (excluding diaryl/α,β-unsaturated/α-hetero) is 1. The van der Waals surface area contributed by atoms with Gasteiger partial charge >= 0.3 is 5.97 Å². The Morgan fingerprint density at radius 2 is 2.00 bits per heavy atom. The first-order valence-electron chi connectivity index (χ1n) is 6.19. The zero-order chi connectivity index (χ0) is 15.3. The van der Waals surface area contributed by atoms with E-state index in [4.69, 9.17) is 0 Å². The van der Waals surface area contributed by atoms with Crippen LogP contribution in [0.4, 0.5) is 8.78 Å². The Bertz CT molecular complexity index is 517. The van der Waals surface area contributed by atoms with E-state index in [-0.39, 0.29) is 10.0 Å². The van der Waals surface area contributed by atoms with Crippen LogP contribution in [-0.2, 0) is 9.53 Å². The van der Waals surface area contributed by atoms with E-state index >= 15 is 0 Å². The normalized spacial score (nSPS) is 12.1. The molecular formula is C14H15BrF2O3. The topological polar surface area (TPSA) is 43.4 Å². The van der Waals surface area contributed by atoms with Gasteiger partial charge in [-0.25, -0.2) is 8.78 Å². The maximum Gasteiger partial charge on any atom is 0.316 e. The van der Waals surface area contributed by atoms with Gasteiger partial charge in [0.05, 0.1) is 11.6 Å². The van der Waals surface area contributed by atoms with Crippen molar-refractivity contribution < 1.29 is 23.1 Å². The van der Waals surface area contributed by atoms with E-state index in [0.717, 1.165) is 18.6 Å². The van der Waals surface area contributed by atoms with Gasteiger partial charge in [-0.3, -0.25) is 9.59 Å². The summed E-state index contributed by atoms with van der Waals surface area (Å²) in [7, 11) is 1.19. The van der Waals surface area contributed by atoms with Crippen LogP contribution in [0.2, 0.25) is 0 Å². The summed E-state index contributed by atoms with van der Waals surface area (Å²) in [5.74, 6) is -4.44.